The first kappa shape index (κ1) is 12.4. The molecule has 4 aromatic rings. The van der Waals surface area contributed by atoms with E-state index in [0.717, 1.165) is 10.9 Å². The van der Waals surface area contributed by atoms with Gasteiger partial charge < -0.3 is 9.52 Å². The van der Waals surface area contributed by atoms with Crippen LogP contribution in [0.15, 0.2) is 53.5 Å². The van der Waals surface area contributed by atoms with E-state index < -0.39 is 6.10 Å². The predicted molar refractivity (Wildman–Crippen MR) is 78.3 cm³/mol. The summed E-state index contributed by atoms with van der Waals surface area (Å²) in [5.74, 6) is 0.450. The molecular formula is C15H10ClN3O2. The maximum Gasteiger partial charge on any atom is 0.140 e. The van der Waals surface area contributed by atoms with Gasteiger partial charge in [-0.15, -0.1) is 0 Å². The van der Waals surface area contributed by atoms with E-state index in [4.69, 9.17) is 16.0 Å². The third kappa shape index (κ3) is 1.98. The van der Waals surface area contributed by atoms with Crippen LogP contribution in [0, 0.1) is 0 Å². The molecule has 1 aromatic carbocycles. The molecule has 0 radical (unpaired) electrons. The second-order valence-corrected chi connectivity index (χ2v) is 5.18. The third-order valence-corrected chi connectivity index (χ3v) is 3.65. The van der Waals surface area contributed by atoms with Gasteiger partial charge in [0.05, 0.1) is 17.9 Å². The van der Waals surface area contributed by atoms with Crippen molar-refractivity contribution in [2.45, 2.75) is 6.10 Å². The highest BCUT2D eigenvalue weighted by Gasteiger charge is 2.19. The normalized spacial score (nSPS) is 13.0. The van der Waals surface area contributed by atoms with Crippen molar-refractivity contribution in [3.63, 3.8) is 0 Å². The van der Waals surface area contributed by atoms with Crippen LogP contribution in [0.4, 0.5) is 0 Å². The molecular weight excluding hydrogens is 290 g/mol. The van der Waals surface area contributed by atoms with Crippen LogP contribution in [0.25, 0.3) is 16.5 Å². The lowest BCUT2D eigenvalue weighted by Crippen LogP contribution is -1.97. The second kappa shape index (κ2) is 4.58. The van der Waals surface area contributed by atoms with Crippen LogP contribution in [0.2, 0.25) is 5.02 Å². The fraction of sp³-hybridized carbons (Fsp3) is 0.0667. The Morgan fingerprint density at radius 2 is 2.14 bits per heavy atom. The average molecular weight is 300 g/mol. The summed E-state index contributed by atoms with van der Waals surface area (Å²) in [6, 6.07) is 7.12. The molecule has 6 heteroatoms. The smallest absolute Gasteiger partial charge is 0.140 e. The first-order valence-corrected chi connectivity index (χ1v) is 6.74. The first-order chi connectivity index (χ1) is 10.2. The highest BCUT2D eigenvalue weighted by atomic mass is 35.5. The number of nitrogens with zero attached hydrogens (tertiary/aromatic N) is 3. The van der Waals surface area contributed by atoms with Crippen molar-refractivity contribution in [1.82, 2.24) is 14.6 Å². The van der Waals surface area contributed by atoms with Crippen molar-refractivity contribution in [1.29, 1.82) is 0 Å². The minimum Gasteiger partial charge on any atom is -0.458 e. The zero-order valence-electron chi connectivity index (χ0n) is 10.8. The third-order valence-electron chi connectivity index (χ3n) is 3.42. The summed E-state index contributed by atoms with van der Waals surface area (Å²) in [7, 11) is 0. The van der Waals surface area contributed by atoms with Gasteiger partial charge >= 0.3 is 0 Å². The zero-order chi connectivity index (χ0) is 14.4. The molecule has 0 aliphatic rings. The lowest BCUT2D eigenvalue weighted by molar-refractivity contribution is 0.193. The summed E-state index contributed by atoms with van der Waals surface area (Å²) in [4.78, 5) is 4.06. The molecule has 0 fully saturated rings. The largest absolute Gasteiger partial charge is 0.458 e. The van der Waals surface area contributed by atoms with E-state index in [1.54, 1.807) is 53.6 Å². The van der Waals surface area contributed by atoms with E-state index in [2.05, 4.69) is 10.1 Å². The maximum absolute atomic E-state index is 10.5. The fourth-order valence-corrected chi connectivity index (χ4v) is 2.57. The number of furan rings is 1. The molecule has 0 amide bonds. The second-order valence-electron chi connectivity index (χ2n) is 4.74. The predicted octanol–water partition coefficient (Wildman–Crippen LogP) is 3.21. The number of halogens is 1. The van der Waals surface area contributed by atoms with E-state index >= 15 is 0 Å². The van der Waals surface area contributed by atoms with Gasteiger partial charge in [-0.1, -0.05) is 11.6 Å². The van der Waals surface area contributed by atoms with Crippen LogP contribution < -0.4 is 0 Å². The van der Waals surface area contributed by atoms with Crippen LogP contribution in [-0.4, -0.2) is 19.7 Å². The lowest BCUT2D eigenvalue weighted by Gasteiger charge is -2.05. The maximum atomic E-state index is 10.5. The Hall–Kier alpha value is -2.37. The van der Waals surface area contributed by atoms with Crippen LogP contribution >= 0.6 is 11.6 Å². The number of fused-ring (bicyclic) bond motifs is 2. The summed E-state index contributed by atoms with van der Waals surface area (Å²) in [5, 5.41) is 16.2. The summed E-state index contributed by atoms with van der Waals surface area (Å²) >= 11 is 5.96. The molecule has 0 bridgehead atoms. The molecule has 1 N–H and O–H groups in total. The average Bonchev–Trinajstić information content (AvgIpc) is 3.09. The van der Waals surface area contributed by atoms with E-state index in [9.17, 15) is 5.11 Å². The van der Waals surface area contributed by atoms with E-state index in [0.29, 0.717) is 21.9 Å². The number of hydrogen-bond donors (Lipinski definition) is 1. The Balaban J connectivity index is 1.83. The molecule has 104 valence electrons. The summed E-state index contributed by atoms with van der Waals surface area (Å²) in [6.07, 6.45) is 5.73. The van der Waals surface area contributed by atoms with Gasteiger partial charge in [-0.3, -0.25) is 4.98 Å². The van der Waals surface area contributed by atoms with Crippen molar-refractivity contribution in [2.75, 3.05) is 0 Å². The van der Waals surface area contributed by atoms with Crippen LogP contribution in [0.3, 0.4) is 0 Å². The van der Waals surface area contributed by atoms with Crippen LogP contribution in [0.1, 0.15) is 17.4 Å². The molecule has 0 aliphatic carbocycles. The number of aliphatic hydroxyl groups excluding tert-OH is 1. The van der Waals surface area contributed by atoms with Gasteiger partial charge in [0, 0.05) is 28.4 Å². The highest BCUT2D eigenvalue weighted by Crippen LogP contribution is 2.31. The summed E-state index contributed by atoms with van der Waals surface area (Å²) in [6.45, 7) is 0. The van der Waals surface area contributed by atoms with Gasteiger partial charge in [0.25, 0.3) is 0 Å². The molecule has 4 rings (SSSR count). The van der Waals surface area contributed by atoms with Gasteiger partial charge in [0.15, 0.2) is 0 Å². The fourth-order valence-electron chi connectivity index (χ4n) is 2.39. The van der Waals surface area contributed by atoms with Gasteiger partial charge in [0.2, 0.25) is 0 Å². The van der Waals surface area contributed by atoms with Crippen molar-refractivity contribution in [3.8, 4) is 0 Å². The van der Waals surface area contributed by atoms with E-state index in [1.165, 1.54) is 0 Å². The number of rotatable bonds is 2. The number of benzene rings is 1. The molecule has 5 nitrogen and oxygen atoms in total. The topological polar surface area (TPSA) is 63.6 Å². The molecule has 1 unspecified atom stereocenters. The number of aliphatic hydroxyl groups is 1. The quantitative estimate of drug-likeness (QED) is 0.617. The molecule has 1 atom stereocenters. The minimum atomic E-state index is -0.905. The number of aromatic nitrogens is 3. The molecule has 0 saturated heterocycles. The highest BCUT2D eigenvalue weighted by molar-refractivity contribution is 6.31. The molecule has 3 aromatic heterocycles. The monoisotopic (exact) mass is 299 g/mol. The molecule has 0 saturated carbocycles. The minimum absolute atomic E-state index is 0.450. The van der Waals surface area contributed by atoms with E-state index in [-0.39, 0.29) is 0 Å². The van der Waals surface area contributed by atoms with Crippen LogP contribution in [-0.2, 0) is 0 Å². The Labute approximate surface area is 124 Å². The Morgan fingerprint density at radius 1 is 1.24 bits per heavy atom. The SMILES string of the molecule is OC(c1cc2cc(Cl)ccc2o1)c1cnn2ccncc12. The van der Waals surface area contributed by atoms with Gasteiger partial charge in [-0.25, -0.2) is 4.52 Å². The zero-order valence-corrected chi connectivity index (χ0v) is 11.5. The Bertz CT molecular complexity index is 944. The first-order valence-electron chi connectivity index (χ1n) is 6.37. The molecule has 0 aliphatic heterocycles. The Morgan fingerprint density at radius 3 is 3.05 bits per heavy atom. The molecule has 21 heavy (non-hydrogen) atoms. The van der Waals surface area contributed by atoms with E-state index in [1.807, 2.05) is 0 Å². The summed E-state index contributed by atoms with van der Waals surface area (Å²) in [5.41, 5.74) is 2.07. The van der Waals surface area contributed by atoms with Crippen molar-refractivity contribution in [2.24, 2.45) is 0 Å². The van der Waals surface area contributed by atoms with Crippen molar-refractivity contribution < 1.29 is 9.52 Å². The van der Waals surface area contributed by atoms with Crippen LogP contribution in [0.5, 0.6) is 0 Å². The molecule has 3 heterocycles. The lowest BCUT2D eigenvalue weighted by atomic mass is 10.1. The van der Waals surface area contributed by atoms with Gasteiger partial charge in [-0.2, -0.15) is 5.10 Å². The Kier molecular flexibility index (Phi) is 2.70. The van der Waals surface area contributed by atoms with Crippen molar-refractivity contribution >= 4 is 28.1 Å². The molecule has 0 spiro atoms. The van der Waals surface area contributed by atoms with Gasteiger partial charge in [-0.05, 0) is 24.3 Å². The van der Waals surface area contributed by atoms with Crippen molar-refractivity contribution in [3.05, 3.63) is 65.4 Å². The standard InChI is InChI=1S/C15H10ClN3O2/c16-10-1-2-13-9(5-10)6-14(21-13)15(20)11-7-18-19-4-3-17-8-12(11)19/h1-8,15,20H. The van der Waals surface area contributed by atoms with Gasteiger partial charge in [0.1, 0.15) is 17.4 Å². The number of hydrogen-bond acceptors (Lipinski definition) is 4. The summed E-state index contributed by atoms with van der Waals surface area (Å²) < 4.78 is 7.35.